The fraction of sp³-hybridized carbons (Fsp3) is 0.208. The maximum Gasteiger partial charge on any atom is 0.282 e. The molecule has 0 aliphatic carbocycles. The van der Waals surface area contributed by atoms with Crippen molar-refractivity contribution in [3.05, 3.63) is 65.4 Å². The third-order valence-electron chi connectivity index (χ3n) is 4.85. The van der Waals surface area contributed by atoms with Crippen LogP contribution in [0.4, 0.5) is 0 Å². The van der Waals surface area contributed by atoms with Crippen molar-refractivity contribution in [2.75, 3.05) is 27.4 Å². The third-order valence-corrected chi connectivity index (χ3v) is 4.85. The molecule has 0 saturated carbocycles. The van der Waals surface area contributed by atoms with Crippen LogP contribution in [-0.2, 0) is 9.63 Å². The molecule has 170 valence electrons. The molecule has 33 heavy (non-hydrogen) atoms. The molecule has 0 fully saturated rings. The van der Waals surface area contributed by atoms with E-state index in [1.54, 1.807) is 44.4 Å². The molecule has 2 aliphatic rings. The van der Waals surface area contributed by atoms with E-state index in [1.807, 2.05) is 24.3 Å². The van der Waals surface area contributed by atoms with Gasteiger partial charge in [0.1, 0.15) is 30.5 Å². The molecule has 2 aliphatic heterocycles. The fourth-order valence-electron chi connectivity index (χ4n) is 3.24. The van der Waals surface area contributed by atoms with Crippen molar-refractivity contribution >= 4 is 23.7 Å². The van der Waals surface area contributed by atoms with Crippen molar-refractivity contribution in [1.82, 2.24) is 5.06 Å². The van der Waals surface area contributed by atoms with E-state index < -0.39 is 5.91 Å². The van der Waals surface area contributed by atoms with Gasteiger partial charge in [-0.3, -0.25) is 10.2 Å². The minimum Gasteiger partial charge on any atom is -0.497 e. The van der Waals surface area contributed by atoms with Crippen molar-refractivity contribution in [2.45, 2.75) is 6.92 Å². The van der Waals surface area contributed by atoms with Gasteiger partial charge < -0.3 is 23.8 Å². The second kappa shape index (κ2) is 9.47. The number of allylic oxidation sites excluding steroid dienone is 1. The molecule has 0 aromatic heterocycles. The molecule has 0 saturated heterocycles. The van der Waals surface area contributed by atoms with Crippen LogP contribution in [0, 0.1) is 5.41 Å². The van der Waals surface area contributed by atoms with Gasteiger partial charge in [-0.15, -0.1) is 5.06 Å². The van der Waals surface area contributed by atoms with Crippen LogP contribution in [-0.4, -0.2) is 50.1 Å². The number of ether oxygens (including phenoxy) is 4. The first kappa shape index (κ1) is 21.9. The van der Waals surface area contributed by atoms with E-state index in [0.29, 0.717) is 47.6 Å². The van der Waals surface area contributed by atoms with Gasteiger partial charge in [-0.2, -0.15) is 4.99 Å². The van der Waals surface area contributed by atoms with E-state index in [9.17, 15) is 4.79 Å². The van der Waals surface area contributed by atoms with Gasteiger partial charge >= 0.3 is 0 Å². The molecule has 1 amide bonds. The number of hydroxylamine groups is 2. The van der Waals surface area contributed by atoms with Gasteiger partial charge in [0.25, 0.3) is 5.91 Å². The summed E-state index contributed by atoms with van der Waals surface area (Å²) in [6.07, 6.45) is 3.18. The first-order chi connectivity index (χ1) is 16.0. The number of nitrogens with zero attached hydrogens (tertiary/aromatic N) is 2. The number of amides is 1. The van der Waals surface area contributed by atoms with Crippen LogP contribution in [0.3, 0.4) is 0 Å². The fourth-order valence-corrected chi connectivity index (χ4v) is 3.24. The summed E-state index contributed by atoms with van der Waals surface area (Å²) in [4.78, 5) is 21.8. The Bertz CT molecular complexity index is 1170. The van der Waals surface area contributed by atoms with E-state index in [0.717, 1.165) is 5.75 Å². The van der Waals surface area contributed by atoms with Crippen molar-refractivity contribution in [1.29, 1.82) is 5.41 Å². The van der Waals surface area contributed by atoms with E-state index in [-0.39, 0.29) is 11.4 Å². The molecular formula is C24H23N3O6. The molecule has 2 aromatic rings. The summed E-state index contributed by atoms with van der Waals surface area (Å²) in [6.45, 7) is 2.38. The van der Waals surface area contributed by atoms with Crippen molar-refractivity contribution in [2.24, 2.45) is 4.99 Å². The number of benzene rings is 2. The molecule has 4 rings (SSSR count). The minimum absolute atomic E-state index is 0.0759. The second-order valence-corrected chi connectivity index (χ2v) is 7.11. The van der Waals surface area contributed by atoms with Gasteiger partial charge in [-0.05, 0) is 55.0 Å². The van der Waals surface area contributed by atoms with Crippen LogP contribution < -0.4 is 18.9 Å². The summed E-state index contributed by atoms with van der Waals surface area (Å²) in [5, 5.41) is 9.53. The summed E-state index contributed by atoms with van der Waals surface area (Å²) in [5.74, 6) is 2.78. The Hall–Kier alpha value is -4.27. The number of amidine groups is 2. The second-order valence-electron chi connectivity index (χ2n) is 7.11. The molecule has 2 heterocycles. The number of carbonyl (C=O) groups excluding carboxylic acids is 1. The Morgan fingerprint density at radius 2 is 1.73 bits per heavy atom. The number of aliphatic imine (C=N–C) groups is 1. The van der Waals surface area contributed by atoms with Gasteiger partial charge in [0.05, 0.1) is 19.8 Å². The Morgan fingerprint density at radius 3 is 2.45 bits per heavy atom. The Morgan fingerprint density at radius 1 is 1.00 bits per heavy atom. The van der Waals surface area contributed by atoms with Crippen LogP contribution in [0.2, 0.25) is 0 Å². The maximum atomic E-state index is 12.4. The quantitative estimate of drug-likeness (QED) is 0.485. The standard InChI is InChI=1S/C24H23N3O6/c1-15-12-22-26-24(28)19(23(25)27(22)33-15)13-16-4-9-20(21(14-16)30-3)32-11-10-31-18-7-5-17(29-2)6-8-18/h4-9,12-14,25H,10-11H2,1-3H3/b19-13-,25-23?. The Labute approximate surface area is 191 Å². The van der Waals surface area contributed by atoms with Gasteiger partial charge in [0, 0.05) is 6.08 Å². The van der Waals surface area contributed by atoms with E-state index >= 15 is 0 Å². The highest BCUT2D eigenvalue weighted by Gasteiger charge is 2.34. The molecule has 0 spiro atoms. The number of nitrogens with one attached hydrogen (secondary N) is 1. The lowest BCUT2D eigenvalue weighted by Crippen LogP contribution is -2.38. The number of rotatable bonds is 8. The highest BCUT2D eigenvalue weighted by molar-refractivity contribution is 6.32. The van der Waals surface area contributed by atoms with Gasteiger partial charge in [-0.1, -0.05) is 6.07 Å². The molecule has 0 radical (unpaired) electrons. The van der Waals surface area contributed by atoms with Gasteiger partial charge in [-0.25, -0.2) is 0 Å². The third kappa shape index (κ3) is 4.82. The Balaban J connectivity index is 1.40. The van der Waals surface area contributed by atoms with Gasteiger partial charge in [0.2, 0.25) is 0 Å². The van der Waals surface area contributed by atoms with Crippen LogP contribution >= 0.6 is 0 Å². The average Bonchev–Trinajstić information content (AvgIpc) is 3.20. The topological polar surface area (TPSA) is 103 Å². The predicted octanol–water partition coefficient (Wildman–Crippen LogP) is 3.61. The summed E-state index contributed by atoms with van der Waals surface area (Å²) >= 11 is 0. The van der Waals surface area contributed by atoms with Crippen molar-refractivity contribution in [3.8, 4) is 23.0 Å². The van der Waals surface area contributed by atoms with Crippen molar-refractivity contribution in [3.63, 3.8) is 0 Å². The lowest BCUT2D eigenvalue weighted by molar-refractivity contribution is -0.114. The largest absolute Gasteiger partial charge is 0.497 e. The van der Waals surface area contributed by atoms with Gasteiger partial charge in [0.15, 0.2) is 23.2 Å². The van der Waals surface area contributed by atoms with Crippen molar-refractivity contribution < 1.29 is 28.6 Å². The van der Waals surface area contributed by atoms with Crippen LogP contribution in [0.1, 0.15) is 12.5 Å². The molecule has 9 nitrogen and oxygen atoms in total. The molecule has 9 heteroatoms. The first-order valence-corrected chi connectivity index (χ1v) is 10.2. The highest BCUT2D eigenvalue weighted by Crippen LogP contribution is 2.30. The number of fused-ring (bicyclic) bond motifs is 1. The molecule has 1 N–H and O–H groups in total. The summed E-state index contributed by atoms with van der Waals surface area (Å²) in [7, 11) is 3.14. The SMILES string of the molecule is COc1ccc(OCCOc2ccc(/C=C3/C(=N)N4OC(C)=CC4=NC3=O)cc2OC)cc1. The lowest BCUT2D eigenvalue weighted by Gasteiger charge is -2.23. The summed E-state index contributed by atoms with van der Waals surface area (Å²) in [6, 6.07) is 12.5. The molecule has 0 unspecified atom stereocenters. The van der Waals surface area contributed by atoms with E-state index in [2.05, 4.69) is 4.99 Å². The monoisotopic (exact) mass is 449 g/mol. The zero-order valence-electron chi connectivity index (χ0n) is 18.5. The Kier molecular flexibility index (Phi) is 6.30. The average molecular weight is 449 g/mol. The normalized spacial score (nSPS) is 16.1. The van der Waals surface area contributed by atoms with Crippen LogP contribution in [0.5, 0.6) is 23.0 Å². The number of hydrogen-bond acceptors (Lipinski definition) is 7. The first-order valence-electron chi connectivity index (χ1n) is 10.2. The van der Waals surface area contributed by atoms with Crippen LogP contribution in [0.25, 0.3) is 6.08 Å². The highest BCUT2D eigenvalue weighted by atomic mass is 16.7. The maximum absolute atomic E-state index is 12.4. The summed E-state index contributed by atoms with van der Waals surface area (Å²) in [5.41, 5.74) is 0.773. The smallest absolute Gasteiger partial charge is 0.282 e. The minimum atomic E-state index is -0.504. The number of methoxy groups -OCH3 is 2. The molecule has 2 aromatic carbocycles. The molecular weight excluding hydrogens is 426 g/mol. The van der Waals surface area contributed by atoms with Crippen LogP contribution in [0.15, 0.2) is 64.9 Å². The molecule has 0 atom stereocenters. The number of carbonyl (C=O) groups is 1. The van der Waals surface area contributed by atoms with E-state index in [4.69, 9.17) is 29.2 Å². The zero-order chi connectivity index (χ0) is 23.4. The lowest BCUT2D eigenvalue weighted by atomic mass is 10.1. The zero-order valence-corrected chi connectivity index (χ0v) is 18.5. The number of hydrogen-bond donors (Lipinski definition) is 1. The predicted molar refractivity (Wildman–Crippen MR) is 122 cm³/mol. The van der Waals surface area contributed by atoms with E-state index in [1.165, 1.54) is 12.2 Å². The summed E-state index contributed by atoms with van der Waals surface area (Å²) < 4.78 is 22.0. The molecule has 0 bridgehead atoms.